The third-order valence-electron chi connectivity index (χ3n) is 5.06. The summed E-state index contributed by atoms with van der Waals surface area (Å²) in [5, 5.41) is 5.35. The zero-order chi connectivity index (χ0) is 22.8. The molecule has 0 saturated heterocycles. The number of aromatic amines is 1. The molecule has 10 heteroatoms. The van der Waals surface area contributed by atoms with Gasteiger partial charge in [-0.3, -0.25) is 14.4 Å². The van der Waals surface area contributed by atoms with E-state index in [0.717, 1.165) is 17.2 Å². The molecule has 0 fully saturated rings. The Morgan fingerprint density at radius 2 is 2.06 bits per heavy atom. The van der Waals surface area contributed by atoms with E-state index >= 15 is 0 Å². The summed E-state index contributed by atoms with van der Waals surface area (Å²) in [5.74, 6) is -2.04. The number of hydrogen-bond acceptors (Lipinski definition) is 5. The van der Waals surface area contributed by atoms with Crippen LogP contribution in [-0.4, -0.2) is 21.8 Å². The fourth-order valence-corrected chi connectivity index (χ4v) is 4.48. The zero-order valence-corrected chi connectivity index (χ0v) is 18.4. The number of anilines is 2. The first-order valence-corrected chi connectivity index (χ1v) is 11.1. The van der Waals surface area contributed by atoms with Gasteiger partial charge in [0.15, 0.2) is 5.16 Å². The van der Waals surface area contributed by atoms with Gasteiger partial charge in [0.05, 0.1) is 16.5 Å². The van der Waals surface area contributed by atoms with Gasteiger partial charge in [-0.15, -0.1) is 0 Å². The standard InChI is InChI=1S/C22H18ClFN4O3S/c1-11-4-2-3-5-12(11)10-32-22-27-19-18(21(31)28-22)14(9-17(29)26-19)20(30)25-13-6-7-16(24)15(23)8-13/h2-8,14H,9-10H2,1H3,(H,25,30)(H2,26,27,28,29,31)/t14-/m0/s1. The maximum atomic E-state index is 13.4. The highest BCUT2D eigenvalue weighted by Gasteiger charge is 2.34. The van der Waals surface area contributed by atoms with E-state index in [9.17, 15) is 18.8 Å². The second kappa shape index (κ2) is 9.13. The number of aryl methyl sites for hydroxylation is 1. The molecule has 1 atom stereocenters. The first-order valence-electron chi connectivity index (χ1n) is 9.69. The molecule has 0 radical (unpaired) electrons. The van der Waals surface area contributed by atoms with Gasteiger partial charge < -0.3 is 15.6 Å². The summed E-state index contributed by atoms with van der Waals surface area (Å²) >= 11 is 7.08. The number of aromatic nitrogens is 2. The van der Waals surface area contributed by atoms with Crippen LogP contribution in [0.2, 0.25) is 5.02 Å². The van der Waals surface area contributed by atoms with E-state index in [-0.39, 0.29) is 28.5 Å². The summed E-state index contributed by atoms with van der Waals surface area (Å²) in [6, 6.07) is 11.6. The Kier molecular flexibility index (Phi) is 6.29. The van der Waals surface area contributed by atoms with Crippen molar-refractivity contribution in [3.8, 4) is 0 Å². The lowest BCUT2D eigenvalue weighted by molar-refractivity contribution is -0.123. The van der Waals surface area contributed by atoms with Crippen LogP contribution in [0.25, 0.3) is 0 Å². The Balaban J connectivity index is 1.58. The van der Waals surface area contributed by atoms with E-state index in [0.29, 0.717) is 10.9 Å². The Bertz CT molecular complexity index is 1280. The number of nitrogens with one attached hydrogen (secondary N) is 3. The molecule has 32 heavy (non-hydrogen) atoms. The molecule has 1 aliphatic rings. The van der Waals surface area contributed by atoms with Gasteiger partial charge in [-0.05, 0) is 36.2 Å². The van der Waals surface area contributed by atoms with Crippen LogP contribution in [-0.2, 0) is 15.3 Å². The van der Waals surface area contributed by atoms with Crippen molar-refractivity contribution in [3.05, 3.63) is 80.3 Å². The molecular weight excluding hydrogens is 455 g/mol. The van der Waals surface area contributed by atoms with Crippen LogP contribution in [0.4, 0.5) is 15.9 Å². The van der Waals surface area contributed by atoms with E-state index in [1.165, 1.54) is 23.9 Å². The largest absolute Gasteiger partial charge is 0.325 e. The van der Waals surface area contributed by atoms with Gasteiger partial charge >= 0.3 is 0 Å². The molecule has 3 aromatic rings. The molecule has 0 bridgehead atoms. The normalized spacial score (nSPS) is 15.1. The SMILES string of the molecule is Cc1ccccc1CSc1nc2c(c(=O)[nH]1)[C@@H](C(=O)Nc1ccc(F)c(Cl)c1)CC(=O)N2. The first-order chi connectivity index (χ1) is 15.3. The fourth-order valence-electron chi connectivity index (χ4n) is 3.36. The summed E-state index contributed by atoms with van der Waals surface area (Å²) in [7, 11) is 0. The minimum Gasteiger partial charge on any atom is -0.325 e. The molecule has 0 aliphatic carbocycles. The molecular formula is C22H18ClFN4O3S. The highest BCUT2D eigenvalue weighted by atomic mass is 35.5. The van der Waals surface area contributed by atoms with Crippen LogP contribution >= 0.6 is 23.4 Å². The van der Waals surface area contributed by atoms with Crippen LogP contribution in [0.3, 0.4) is 0 Å². The number of nitrogens with zero attached hydrogens (tertiary/aromatic N) is 1. The average Bonchev–Trinajstić information content (AvgIpc) is 2.75. The average molecular weight is 473 g/mol. The lowest BCUT2D eigenvalue weighted by atomic mass is 9.92. The molecule has 3 N–H and O–H groups in total. The molecule has 2 amide bonds. The molecule has 0 spiro atoms. The van der Waals surface area contributed by atoms with Gasteiger partial charge in [0.25, 0.3) is 5.56 Å². The summed E-state index contributed by atoms with van der Waals surface area (Å²) in [6.07, 6.45) is -0.214. The molecule has 4 rings (SSSR count). The number of benzene rings is 2. The minimum atomic E-state index is -1.05. The number of thioether (sulfide) groups is 1. The highest BCUT2D eigenvalue weighted by molar-refractivity contribution is 7.98. The van der Waals surface area contributed by atoms with Gasteiger partial charge in [0, 0.05) is 17.9 Å². The molecule has 2 aromatic carbocycles. The Labute approximate surface area is 191 Å². The van der Waals surface area contributed by atoms with E-state index in [4.69, 9.17) is 11.6 Å². The number of carbonyl (C=O) groups excluding carboxylic acids is 2. The van der Waals surface area contributed by atoms with Crippen LogP contribution < -0.4 is 16.2 Å². The number of amides is 2. The third-order valence-corrected chi connectivity index (χ3v) is 6.27. The van der Waals surface area contributed by atoms with Crippen molar-refractivity contribution in [2.24, 2.45) is 0 Å². The van der Waals surface area contributed by atoms with Crippen molar-refractivity contribution >= 4 is 46.7 Å². The molecule has 1 aromatic heterocycles. The highest BCUT2D eigenvalue weighted by Crippen LogP contribution is 2.31. The number of fused-ring (bicyclic) bond motifs is 1. The predicted molar refractivity (Wildman–Crippen MR) is 122 cm³/mol. The Hall–Kier alpha value is -3.17. The second-order valence-electron chi connectivity index (χ2n) is 7.27. The van der Waals surface area contributed by atoms with Gasteiger partial charge in [-0.25, -0.2) is 9.37 Å². The lowest BCUT2D eigenvalue weighted by Crippen LogP contribution is -2.36. The number of carbonyl (C=O) groups is 2. The smallest absolute Gasteiger partial charge is 0.257 e. The van der Waals surface area contributed by atoms with Crippen molar-refractivity contribution in [1.29, 1.82) is 0 Å². The predicted octanol–water partition coefficient (Wildman–Crippen LogP) is 4.23. The van der Waals surface area contributed by atoms with Gasteiger partial charge in [-0.2, -0.15) is 0 Å². The van der Waals surface area contributed by atoms with Crippen molar-refractivity contribution in [2.75, 3.05) is 10.6 Å². The first kappa shape index (κ1) is 22.0. The Morgan fingerprint density at radius 1 is 1.28 bits per heavy atom. The Morgan fingerprint density at radius 3 is 2.81 bits per heavy atom. The molecule has 0 saturated carbocycles. The summed E-state index contributed by atoms with van der Waals surface area (Å²) in [6.45, 7) is 2.00. The van der Waals surface area contributed by atoms with E-state index in [1.54, 1.807) is 0 Å². The second-order valence-corrected chi connectivity index (χ2v) is 8.64. The van der Waals surface area contributed by atoms with Crippen LogP contribution in [0, 0.1) is 12.7 Å². The molecule has 0 unspecified atom stereocenters. The van der Waals surface area contributed by atoms with Crippen molar-refractivity contribution in [1.82, 2.24) is 9.97 Å². The maximum absolute atomic E-state index is 13.4. The third kappa shape index (κ3) is 4.68. The van der Waals surface area contributed by atoms with Crippen molar-refractivity contribution in [3.63, 3.8) is 0 Å². The lowest BCUT2D eigenvalue weighted by Gasteiger charge is -2.23. The maximum Gasteiger partial charge on any atom is 0.257 e. The van der Waals surface area contributed by atoms with Gasteiger partial charge in [0.1, 0.15) is 11.6 Å². The van der Waals surface area contributed by atoms with Crippen LogP contribution in [0.5, 0.6) is 0 Å². The number of H-pyrrole nitrogens is 1. The molecule has 7 nitrogen and oxygen atoms in total. The van der Waals surface area contributed by atoms with E-state index in [2.05, 4.69) is 20.6 Å². The summed E-state index contributed by atoms with van der Waals surface area (Å²) in [5.41, 5.74) is 2.04. The number of rotatable bonds is 5. The summed E-state index contributed by atoms with van der Waals surface area (Å²) in [4.78, 5) is 44.9. The van der Waals surface area contributed by atoms with E-state index in [1.807, 2.05) is 31.2 Å². The number of hydrogen-bond donors (Lipinski definition) is 3. The topological polar surface area (TPSA) is 104 Å². The van der Waals surface area contributed by atoms with Gasteiger partial charge in [0.2, 0.25) is 11.8 Å². The van der Waals surface area contributed by atoms with Crippen molar-refractivity contribution < 1.29 is 14.0 Å². The van der Waals surface area contributed by atoms with E-state index < -0.39 is 29.1 Å². The summed E-state index contributed by atoms with van der Waals surface area (Å²) < 4.78 is 13.4. The molecule has 164 valence electrons. The van der Waals surface area contributed by atoms with Crippen LogP contribution in [0.1, 0.15) is 29.0 Å². The minimum absolute atomic E-state index is 0.0644. The number of halogens is 2. The molecule has 2 heterocycles. The van der Waals surface area contributed by atoms with Gasteiger partial charge in [-0.1, -0.05) is 47.6 Å². The molecule has 1 aliphatic heterocycles. The van der Waals surface area contributed by atoms with Crippen molar-refractivity contribution in [2.45, 2.75) is 30.2 Å². The monoisotopic (exact) mass is 472 g/mol. The fraction of sp³-hybridized carbons (Fsp3) is 0.182. The zero-order valence-electron chi connectivity index (χ0n) is 16.9. The quantitative estimate of drug-likeness (QED) is 0.381. The van der Waals surface area contributed by atoms with Crippen LogP contribution in [0.15, 0.2) is 52.4 Å².